The number of rotatable bonds is 3. The second kappa shape index (κ2) is 4.11. The fourth-order valence-corrected chi connectivity index (χ4v) is 2.44. The SMILES string of the molecule is Cc1[nH]c(C2(CO)CC2)nc1-c1cccc(Cl)c1. The first-order valence-electron chi connectivity index (χ1n) is 6.08. The van der Waals surface area contributed by atoms with Crippen LogP contribution in [0.2, 0.25) is 5.02 Å². The number of aryl methyl sites for hydroxylation is 1. The Morgan fingerprint density at radius 1 is 1.44 bits per heavy atom. The van der Waals surface area contributed by atoms with Gasteiger partial charge in [0.1, 0.15) is 5.82 Å². The number of aromatic amines is 1. The molecule has 0 unspecified atom stereocenters. The fourth-order valence-electron chi connectivity index (χ4n) is 2.25. The number of halogens is 1. The van der Waals surface area contributed by atoms with Crippen LogP contribution >= 0.6 is 11.6 Å². The van der Waals surface area contributed by atoms with Crippen LogP contribution < -0.4 is 0 Å². The molecule has 1 heterocycles. The predicted molar refractivity (Wildman–Crippen MR) is 71.8 cm³/mol. The third-order valence-electron chi connectivity index (χ3n) is 3.64. The van der Waals surface area contributed by atoms with Gasteiger partial charge in [-0.25, -0.2) is 4.98 Å². The van der Waals surface area contributed by atoms with Crippen molar-refractivity contribution in [3.05, 3.63) is 40.8 Å². The number of nitrogens with zero attached hydrogens (tertiary/aromatic N) is 1. The summed E-state index contributed by atoms with van der Waals surface area (Å²) in [5, 5.41) is 10.2. The number of aromatic nitrogens is 2. The number of hydrogen-bond donors (Lipinski definition) is 2. The average Bonchev–Trinajstić information content (AvgIpc) is 3.07. The van der Waals surface area contributed by atoms with Gasteiger partial charge in [-0.05, 0) is 31.9 Å². The highest BCUT2D eigenvalue weighted by Crippen LogP contribution is 2.47. The topological polar surface area (TPSA) is 48.9 Å². The minimum absolute atomic E-state index is 0.123. The second-order valence-corrected chi connectivity index (χ2v) is 5.44. The van der Waals surface area contributed by atoms with Crippen LogP contribution in [0.1, 0.15) is 24.4 Å². The van der Waals surface area contributed by atoms with E-state index >= 15 is 0 Å². The summed E-state index contributed by atoms with van der Waals surface area (Å²) < 4.78 is 0. The molecular formula is C14H15ClN2O. The highest BCUT2D eigenvalue weighted by Gasteiger charge is 2.46. The van der Waals surface area contributed by atoms with Crippen LogP contribution in [0.25, 0.3) is 11.3 Å². The van der Waals surface area contributed by atoms with Crippen molar-refractivity contribution in [3.8, 4) is 11.3 Å². The number of benzene rings is 1. The van der Waals surface area contributed by atoms with Gasteiger partial charge >= 0.3 is 0 Å². The predicted octanol–water partition coefficient (Wildman–Crippen LogP) is 3.06. The van der Waals surface area contributed by atoms with Gasteiger partial charge in [0.2, 0.25) is 0 Å². The van der Waals surface area contributed by atoms with Gasteiger partial charge < -0.3 is 10.1 Å². The van der Waals surface area contributed by atoms with Gasteiger partial charge in [0.25, 0.3) is 0 Å². The molecule has 1 aliphatic carbocycles. The lowest BCUT2D eigenvalue weighted by Crippen LogP contribution is -2.13. The Morgan fingerprint density at radius 2 is 2.22 bits per heavy atom. The van der Waals surface area contributed by atoms with E-state index in [4.69, 9.17) is 11.6 Å². The highest BCUT2D eigenvalue weighted by atomic mass is 35.5. The van der Waals surface area contributed by atoms with E-state index in [1.807, 2.05) is 31.2 Å². The Hall–Kier alpha value is -1.32. The number of H-pyrrole nitrogens is 1. The summed E-state index contributed by atoms with van der Waals surface area (Å²) >= 11 is 6.01. The molecule has 0 amide bonds. The normalized spacial score (nSPS) is 16.8. The van der Waals surface area contributed by atoms with Gasteiger partial charge in [-0.15, -0.1) is 0 Å². The molecule has 0 bridgehead atoms. The maximum Gasteiger partial charge on any atom is 0.115 e. The molecule has 0 saturated heterocycles. The van der Waals surface area contributed by atoms with Crippen molar-refractivity contribution in [1.29, 1.82) is 0 Å². The zero-order chi connectivity index (χ0) is 12.8. The molecule has 1 saturated carbocycles. The van der Waals surface area contributed by atoms with Crippen molar-refractivity contribution in [1.82, 2.24) is 9.97 Å². The minimum Gasteiger partial charge on any atom is -0.395 e. The summed E-state index contributed by atoms with van der Waals surface area (Å²) in [6.07, 6.45) is 2.01. The zero-order valence-corrected chi connectivity index (χ0v) is 11.0. The summed E-state index contributed by atoms with van der Waals surface area (Å²) in [6.45, 7) is 2.16. The molecule has 1 fully saturated rings. The van der Waals surface area contributed by atoms with Gasteiger partial charge in [-0.3, -0.25) is 0 Å². The largest absolute Gasteiger partial charge is 0.395 e. The number of nitrogens with one attached hydrogen (secondary N) is 1. The highest BCUT2D eigenvalue weighted by molar-refractivity contribution is 6.30. The van der Waals surface area contributed by atoms with Gasteiger partial charge in [0.15, 0.2) is 0 Å². The Kier molecular flexibility index (Phi) is 2.68. The first kappa shape index (κ1) is 11.8. The third-order valence-corrected chi connectivity index (χ3v) is 3.88. The number of aliphatic hydroxyl groups excluding tert-OH is 1. The van der Waals surface area contributed by atoms with E-state index in [9.17, 15) is 5.11 Å². The van der Waals surface area contributed by atoms with Crippen LogP contribution in [0, 0.1) is 6.92 Å². The monoisotopic (exact) mass is 262 g/mol. The van der Waals surface area contributed by atoms with Crippen molar-refractivity contribution in [3.63, 3.8) is 0 Å². The lowest BCUT2D eigenvalue weighted by atomic mass is 10.1. The Labute approximate surface area is 111 Å². The van der Waals surface area contributed by atoms with E-state index in [0.29, 0.717) is 5.02 Å². The molecule has 2 aromatic rings. The van der Waals surface area contributed by atoms with Crippen LogP contribution in [0.3, 0.4) is 0 Å². The van der Waals surface area contributed by atoms with E-state index < -0.39 is 0 Å². The van der Waals surface area contributed by atoms with Crippen molar-refractivity contribution in [2.24, 2.45) is 0 Å². The molecule has 0 aliphatic heterocycles. The Morgan fingerprint density at radius 3 is 2.83 bits per heavy atom. The van der Waals surface area contributed by atoms with E-state index in [-0.39, 0.29) is 12.0 Å². The molecule has 1 aromatic heterocycles. The molecule has 0 atom stereocenters. The van der Waals surface area contributed by atoms with Gasteiger partial charge in [0.05, 0.1) is 17.7 Å². The minimum atomic E-state index is -0.123. The summed E-state index contributed by atoms with van der Waals surface area (Å²) in [5.74, 6) is 0.900. The third kappa shape index (κ3) is 1.84. The molecule has 2 N–H and O–H groups in total. The van der Waals surface area contributed by atoms with Crippen molar-refractivity contribution in [2.75, 3.05) is 6.61 Å². The van der Waals surface area contributed by atoms with Crippen LogP contribution in [0.15, 0.2) is 24.3 Å². The van der Waals surface area contributed by atoms with E-state index in [1.165, 1.54) is 0 Å². The summed E-state index contributed by atoms with van der Waals surface area (Å²) in [7, 11) is 0. The van der Waals surface area contributed by atoms with Crippen molar-refractivity contribution in [2.45, 2.75) is 25.2 Å². The Bertz CT molecular complexity index is 587. The zero-order valence-electron chi connectivity index (χ0n) is 10.2. The summed E-state index contributed by atoms with van der Waals surface area (Å²) in [6, 6.07) is 7.68. The van der Waals surface area contributed by atoms with Crippen LogP contribution in [-0.2, 0) is 5.41 Å². The summed E-state index contributed by atoms with van der Waals surface area (Å²) in [5.41, 5.74) is 2.83. The molecule has 94 valence electrons. The van der Waals surface area contributed by atoms with E-state index in [2.05, 4.69) is 9.97 Å². The maximum atomic E-state index is 9.44. The average molecular weight is 263 g/mol. The lowest BCUT2D eigenvalue weighted by molar-refractivity contribution is 0.250. The van der Waals surface area contributed by atoms with Gasteiger partial charge in [-0.1, -0.05) is 23.7 Å². The van der Waals surface area contributed by atoms with Gasteiger partial charge in [-0.2, -0.15) is 0 Å². The first-order valence-corrected chi connectivity index (χ1v) is 6.46. The Balaban J connectivity index is 2.03. The number of aliphatic hydroxyl groups is 1. The lowest BCUT2D eigenvalue weighted by Gasteiger charge is -2.06. The molecule has 1 aliphatic rings. The molecule has 3 nitrogen and oxygen atoms in total. The standard InChI is InChI=1S/C14H15ClN2O/c1-9-12(10-3-2-4-11(15)7-10)17-13(16-9)14(8-18)5-6-14/h2-4,7,18H,5-6,8H2,1H3,(H,16,17). The molecule has 0 spiro atoms. The van der Waals surface area contributed by atoms with Gasteiger partial charge in [0, 0.05) is 16.3 Å². The van der Waals surface area contributed by atoms with E-state index in [1.54, 1.807) is 0 Å². The quantitative estimate of drug-likeness (QED) is 0.893. The number of imidazole rings is 1. The smallest absolute Gasteiger partial charge is 0.115 e. The maximum absolute atomic E-state index is 9.44. The van der Waals surface area contributed by atoms with Crippen molar-refractivity contribution >= 4 is 11.6 Å². The van der Waals surface area contributed by atoms with Crippen molar-refractivity contribution < 1.29 is 5.11 Å². The molecule has 0 radical (unpaired) electrons. The number of hydrogen-bond acceptors (Lipinski definition) is 2. The molecule has 18 heavy (non-hydrogen) atoms. The molecule has 1 aromatic carbocycles. The summed E-state index contributed by atoms with van der Waals surface area (Å²) in [4.78, 5) is 7.95. The van der Waals surface area contributed by atoms with Crippen LogP contribution in [-0.4, -0.2) is 21.7 Å². The van der Waals surface area contributed by atoms with E-state index in [0.717, 1.165) is 35.6 Å². The molecule has 4 heteroatoms. The fraction of sp³-hybridized carbons (Fsp3) is 0.357. The first-order chi connectivity index (χ1) is 8.64. The second-order valence-electron chi connectivity index (χ2n) is 5.01. The van der Waals surface area contributed by atoms with Crippen LogP contribution in [0.4, 0.5) is 0 Å². The molecular weight excluding hydrogens is 248 g/mol. The molecule has 3 rings (SSSR count). The van der Waals surface area contributed by atoms with Crippen LogP contribution in [0.5, 0.6) is 0 Å².